The van der Waals surface area contributed by atoms with E-state index in [2.05, 4.69) is 158 Å². The first-order valence-corrected chi connectivity index (χ1v) is 17.5. The largest absolute Gasteiger partial charge is 0.748 e. The molecule has 0 spiro atoms. The average molecular weight is 661 g/mol. The molecule has 0 heterocycles. The molecule has 1 atom stereocenters. The molecule has 1 N–H and O–H groups in total. The van der Waals surface area contributed by atoms with Crippen LogP contribution in [0.4, 0.5) is 0 Å². The van der Waals surface area contributed by atoms with Crippen molar-refractivity contribution in [3.8, 4) is 0 Å². The van der Waals surface area contributed by atoms with Crippen molar-refractivity contribution in [2.75, 3.05) is 0 Å². The first-order chi connectivity index (χ1) is 21.8. The van der Waals surface area contributed by atoms with Gasteiger partial charge in [-0.05, 0) is 40.0 Å². The van der Waals surface area contributed by atoms with Crippen LogP contribution in [0.1, 0.15) is 17.2 Å². The van der Waals surface area contributed by atoms with Crippen LogP contribution in [-0.2, 0) is 17.1 Å². The van der Waals surface area contributed by atoms with Crippen molar-refractivity contribution in [1.82, 2.24) is 0 Å². The summed E-state index contributed by atoms with van der Waals surface area (Å²) in [5, 5.41) is 19.6. The van der Waals surface area contributed by atoms with Gasteiger partial charge in [0.2, 0.25) is 0 Å². The summed E-state index contributed by atoms with van der Waals surface area (Å²) in [6.07, 6.45) is -0.735. The fourth-order valence-electron chi connectivity index (χ4n) is 5.43. The van der Waals surface area contributed by atoms with Crippen LogP contribution in [0.2, 0.25) is 0 Å². The first kappa shape index (κ1) is 32.5. The molecule has 7 aromatic carbocycles. The summed E-state index contributed by atoms with van der Waals surface area (Å²) in [6, 6.07) is 67.6. The van der Waals surface area contributed by atoms with E-state index in [0.717, 1.165) is 11.1 Å². The van der Waals surface area contributed by atoms with Crippen LogP contribution in [0.3, 0.4) is 0 Å². The Balaban J connectivity index is 0.000000609. The Hall–Kier alpha value is -3.86. The Morgan fingerprint density at radius 3 is 1.33 bits per heavy atom. The molecule has 45 heavy (non-hydrogen) atoms. The Kier molecular flexibility index (Phi) is 11.9. The van der Waals surface area contributed by atoms with Crippen LogP contribution >= 0.6 is 15.8 Å². The Morgan fingerprint density at radius 2 is 0.867 bits per heavy atom. The predicted molar refractivity (Wildman–Crippen MR) is 192 cm³/mol. The van der Waals surface area contributed by atoms with Gasteiger partial charge in [-0.25, -0.2) is 12.1 Å². The van der Waals surface area contributed by atoms with Crippen LogP contribution in [0.5, 0.6) is 0 Å². The molecule has 0 amide bonds. The van der Waals surface area contributed by atoms with E-state index in [1.54, 1.807) is 0 Å². The van der Waals surface area contributed by atoms with Gasteiger partial charge in [0.25, 0.3) is 0 Å². The van der Waals surface area contributed by atoms with E-state index in [9.17, 15) is 5.11 Å². The molecule has 7 aromatic rings. The van der Waals surface area contributed by atoms with Crippen LogP contribution in [-0.4, -0.2) is 5.11 Å². The molecule has 228 valence electrons. The van der Waals surface area contributed by atoms with Crippen LogP contribution < -0.4 is 31.8 Å². The number of aliphatic hydroxyl groups excluding tert-OH is 1. The fourth-order valence-corrected chi connectivity index (χ4v) is 10.4. The second kappa shape index (κ2) is 16.4. The molecule has 0 bridgehead atoms. The maximum absolute atomic E-state index is 12.1. The average Bonchev–Trinajstić information content (AvgIpc) is 3.84. The predicted octanol–water partition coefficient (Wildman–Crippen LogP) is 7.41. The monoisotopic (exact) mass is 660 g/mol. The van der Waals surface area contributed by atoms with Crippen molar-refractivity contribution in [3.05, 3.63) is 205 Å². The molecule has 0 aromatic heterocycles. The van der Waals surface area contributed by atoms with Gasteiger partial charge in [-0.1, -0.05) is 154 Å². The van der Waals surface area contributed by atoms with Gasteiger partial charge in [-0.15, -0.1) is 10.9 Å². The van der Waals surface area contributed by atoms with Crippen LogP contribution in [0, 0.1) is 0 Å². The summed E-state index contributed by atoms with van der Waals surface area (Å²) in [6.45, 7) is 0. The second-order valence-corrected chi connectivity index (χ2v) is 14.7. The van der Waals surface area contributed by atoms with E-state index in [4.69, 9.17) is 0 Å². The van der Waals surface area contributed by atoms with E-state index in [-0.39, 0.29) is 17.1 Å². The van der Waals surface area contributed by atoms with Gasteiger partial charge in [0.15, 0.2) is 0 Å². The van der Waals surface area contributed by atoms with Crippen molar-refractivity contribution < 1.29 is 22.2 Å². The Bertz CT molecular complexity index is 1720. The molecule has 0 radical (unpaired) electrons. The number of hydrogen-bond acceptors (Lipinski definition) is 1. The number of hydrogen-bond donors (Lipinski definition) is 1. The van der Waals surface area contributed by atoms with Crippen LogP contribution in [0.25, 0.3) is 0 Å². The summed E-state index contributed by atoms with van der Waals surface area (Å²) >= 11 is 0. The van der Waals surface area contributed by atoms with Crippen molar-refractivity contribution in [2.45, 2.75) is 6.10 Å². The third-order valence-electron chi connectivity index (χ3n) is 7.45. The fraction of sp³-hybridized carbons (Fsp3) is 0.0244. The second-order valence-electron chi connectivity index (χ2n) is 10.3. The maximum atomic E-state index is 12.1. The van der Waals surface area contributed by atoms with Crippen molar-refractivity contribution in [2.24, 2.45) is 0 Å². The number of aliphatic hydroxyl groups is 1. The standard InChI is InChI=1S/C36H29OP2.C5H5.Fe/c37-36(33-25-15-27-35(33)39(30-20-9-3-10-21-30)31-22-11-4-12-23-31)32-24-13-14-26-34(32)38(28-16-5-1-6-17-28)29-18-7-2-8-19-29;1-2-4-5-3-1;/h1-27,36-37H;1-5H;/q-1;-5;. The van der Waals surface area contributed by atoms with Gasteiger partial charge < -0.3 is 35.4 Å². The molecule has 0 saturated heterocycles. The summed E-state index contributed by atoms with van der Waals surface area (Å²) in [4.78, 5) is 0. The maximum Gasteiger partial charge on any atom is 0.0825 e. The van der Waals surface area contributed by atoms with Gasteiger partial charge in [-0.2, -0.15) is 6.07 Å². The molecule has 7 rings (SSSR count). The summed E-state index contributed by atoms with van der Waals surface area (Å²) < 4.78 is 0. The van der Waals surface area contributed by atoms with Crippen LogP contribution in [0.15, 0.2) is 194 Å². The van der Waals surface area contributed by atoms with E-state index in [1.165, 1.54) is 31.8 Å². The molecule has 0 saturated carbocycles. The van der Waals surface area contributed by atoms with E-state index in [1.807, 2.05) is 36.4 Å². The van der Waals surface area contributed by atoms with Crippen molar-refractivity contribution >= 4 is 47.7 Å². The van der Waals surface area contributed by atoms with E-state index in [0.29, 0.717) is 0 Å². The minimum atomic E-state index is -0.842. The third-order valence-corrected chi connectivity index (χ3v) is 12.5. The topological polar surface area (TPSA) is 20.2 Å². The molecule has 0 aliphatic rings. The molecular formula is C41H34FeOP2-6. The van der Waals surface area contributed by atoms with Gasteiger partial charge in [-0.3, -0.25) is 0 Å². The molecule has 1 nitrogen and oxygen atoms in total. The first-order valence-electron chi connectivity index (χ1n) is 14.8. The molecule has 0 fully saturated rings. The summed E-state index contributed by atoms with van der Waals surface area (Å²) in [5.74, 6) is 0. The minimum Gasteiger partial charge on any atom is -0.748 e. The summed E-state index contributed by atoms with van der Waals surface area (Å²) in [5.41, 5.74) is 1.96. The molecular weight excluding hydrogens is 626 g/mol. The Morgan fingerprint density at radius 1 is 0.467 bits per heavy atom. The molecule has 1 unspecified atom stereocenters. The van der Waals surface area contributed by atoms with E-state index < -0.39 is 21.9 Å². The SMILES string of the molecule is OC(c1ccccc1P(c1ccccc1)c1ccccc1)c1ccc[c-]1P(c1ccccc1)c1ccccc1.[Fe].[cH-]1[cH-][cH-][cH-][cH-]1. The Labute approximate surface area is 280 Å². The van der Waals surface area contributed by atoms with Gasteiger partial charge in [0.05, 0.1) is 6.10 Å². The van der Waals surface area contributed by atoms with E-state index >= 15 is 0 Å². The normalized spacial score (nSPS) is 11.4. The number of rotatable bonds is 8. The van der Waals surface area contributed by atoms with Crippen molar-refractivity contribution in [1.29, 1.82) is 0 Å². The van der Waals surface area contributed by atoms with Gasteiger partial charge in [0, 0.05) is 17.1 Å². The third kappa shape index (κ3) is 7.87. The smallest absolute Gasteiger partial charge is 0.0825 e. The van der Waals surface area contributed by atoms with Gasteiger partial charge in [0.1, 0.15) is 0 Å². The molecule has 0 aliphatic heterocycles. The molecule has 4 heteroatoms. The zero-order valence-electron chi connectivity index (χ0n) is 24.7. The summed E-state index contributed by atoms with van der Waals surface area (Å²) in [7, 11) is -1.66. The zero-order chi connectivity index (χ0) is 30.0. The zero-order valence-corrected chi connectivity index (χ0v) is 27.6. The van der Waals surface area contributed by atoms with Gasteiger partial charge >= 0.3 is 0 Å². The molecule has 0 aliphatic carbocycles. The minimum absolute atomic E-state index is 0. The quantitative estimate of drug-likeness (QED) is 0.102. The van der Waals surface area contributed by atoms with Crippen molar-refractivity contribution in [3.63, 3.8) is 0 Å². The number of benzene rings is 5.